The Hall–Kier alpha value is -1.58. The molecule has 0 aliphatic carbocycles. The molecule has 1 aliphatic heterocycles. The largest absolute Gasteiger partial charge is 0.314 e. The zero-order chi connectivity index (χ0) is 14.9. The number of nitro groups is 1. The Morgan fingerprint density at radius 3 is 2.75 bits per heavy atom. The Bertz CT molecular complexity index is 635. The van der Waals surface area contributed by atoms with Gasteiger partial charge in [-0.05, 0) is 13.0 Å². The Labute approximate surface area is 115 Å². The van der Waals surface area contributed by atoms with Gasteiger partial charge >= 0.3 is 0 Å². The predicted molar refractivity (Wildman–Crippen MR) is 69.3 cm³/mol. The van der Waals surface area contributed by atoms with Gasteiger partial charge in [-0.25, -0.2) is 12.8 Å². The fourth-order valence-electron chi connectivity index (χ4n) is 2.12. The third kappa shape index (κ3) is 2.65. The third-order valence-electron chi connectivity index (χ3n) is 3.15. The molecule has 1 saturated heterocycles. The summed E-state index contributed by atoms with van der Waals surface area (Å²) in [5.41, 5.74) is -0.477. The molecule has 7 nitrogen and oxygen atoms in total. The van der Waals surface area contributed by atoms with Crippen LogP contribution in [0.2, 0.25) is 0 Å². The molecule has 0 bridgehead atoms. The second-order valence-electron chi connectivity index (χ2n) is 4.54. The second kappa shape index (κ2) is 5.43. The maximum Gasteiger partial charge on any atom is 0.272 e. The van der Waals surface area contributed by atoms with Crippen molar-refractivity contribution in [3.8, 4) is 0 Å². The van der Waals surface area contributed by atoms with Crippen molar-refractivity contribution in [2.45, 2.75) is 17.9 Å². The van der Waals surface area contributed by atoms with Gasteiger partial charge in [-0.2, -0.15) is 4.31 Å². The highest BCUT2D eigenvalue weighted by molar-refractivity contribution is 7.89. The van der Waals surface area contributed by atoms with E-state index in [4.69, 9.17) is 0 Å². The molecule has 1 unspecified atom stereocenters. The number of piperazine rings is 1. The zero-order valence-corrected chi connectivity index (χ0v) is 11.6. The number of sulfonamides is 1. The van der Waals surface area contributed by atoms with Gasteiger partial charge in [0.05, 0.1) is 11.0 Å². The van der Waals surface area contributed by atoms with Crippen molar-refractivity contribution in [3.63, 3.8) is 0 Å². The number of nitrogens with one attached hydrogen (secondary N) is 1. The van der Waals surface area contributed by atoms with Gasteiger partial charge < -0.3 is 5.32 Å². The first-order chi connectivity index (χ1) is 9.34. The minimum absolute atomic E-state index is 0.236. The van der Waals surface area contributed by atoms with E-state index < -0.39 is 31.3 Å². The number of nitrogens with zero attached hydrogens (tertiary/aromatic N) is 2. The van der Waals surface area contributed by atoms with Crippen LogP contribution in [0.3, 0.4) is 0 Å². The van der Waals surface area contributed by atoms with Crippen molar-refractivity contribution in [3.05, 3.63) is 34.1 Å². The summed E-state index contributed by atoms with van der Waals surface area (Å²) in [6.07, 6.45) is 0. The molecular weight excluding hydrogens is 289 g/mol. The first-order valence-corrected chi connectivity index (χ1v) is 7.44. The van der Waals surface area contributed by atoms with Crippen LogP contribution in [-0.4, -0.2) is 43.3 Å². The molecule has 1 heterocycles. The highest BCUT2D eigenvalue weighted by atomic mass is 32.2. The molecule has 9 heteroatoms. The van der Waals surface area contributed by atoms with E-state index in [1.54, 1.807) is 6.92 Å². The van der Waals surface area contributed by atoms with Crippen molar-refractivity contribution >= 4 is 15.7 Å². The highest BCUT2D eigenvalue weighted by Crippen LogP contribution is 2.25. The number of rotatable bonds is 3. The van der Waals surface area contributed by atoms with Crippen LogP contribution in [0.15, 0.2) is 23.1 Å². The maximum absolute atomic E-state index is 13.9. The van der Waals surface area contributed by atoms with Crippen LogP contribution in [-0.2, 0) is 10.0 Å². The minimum Gasteiger partial charge on any atom is -0.314 e. The topological polar surface area (TPSA) is 92.6 Å². The molecule has 110 valence electrons. The molecule has 1 fully saturated rings. The molecule has 1 aromatic rings. The van der Waals surface area contributed by atoms with E-state index in [1.165, 1.54) is 4.31 Å². The standard InChI is InChI=1S/C11H14FN3O4S/c1-8-7-13-4-5-14(8)20(18,19)11-3-2-9(15(16)17)6-10(11)12/h2-3,6,8,13H,4-5,7H2,1H3. The average molecular weight is 303 g/mol. The Morgan fingerprint density at radius 2 is 2.20 bits per heavy atom. The zero-order valence-electron chi connectivity index (χ0n) is 10.7. The van der Waals surface area contributed by atoms with Crippen molar-refractivity contribution in [2.24, 2.45) is 0 Å². The number of hydrogen-bond donors (Lipinski definition) is 1. The van der Waals surface area contributed by atoms with Gasteiger partial charge in [0, 0.05) is 31.7 Å². The normalized spacial score (nSPS) is 20.8. The summed E-state index contributed by atoms with van der Waals surface area (Å²) in [6.45, 7) is 2.92. The molecule has 0 aromatic heterocycles. The van der Waals surface area contributed by atoms with E-state index in [1.807, 2.05) is 0 Å². The molecule has 1 N–H and O–H groups in total. The lowest BCUT2D eigenvalue weighted by atomic mass is 10.3. The first kappa shape index (κ1) is 14.8. The number of non-ortho nitro benzene ring substituents is 1. The molecule has 1 aliphatic rings. The molecule has 0 saturated carbocycles. The van der Waals surface area contributed by atoms with Crippen molar-refractivity contribution < 1.29 is 17.7 Å². The van der Waals surface area contributed by atoms with Crippen LogP contribution in [0.4, 0.5) is 10.1 Å². The first-order valence-electron chi connectivity index (χ1n) is 6.00. The molecule has 1 aromatic carbocycles. The van der Waals surface area contributed by atoms with Crippen molar-refractivity contribution in [2.75, 3.05) is 19.6 Å². The van der Waals surface area contributed by atoms with Gasteiger partial charge in [-0.3, -0.25) is 10.1 Å². The fraction of sp³-hybridized carbons (Fsp3) is 0.455. The van der Waals surface area contributed by atoms with Crippen LogP contribution in [0.1, 0.15) is 6.92 Å². The maximum atomic E-state index is 13.9. The van der Waals surface area contributed by atoms with Crippen LogP contribution < -0.4 is 5.32 Å². The van der Waals surface area contributed by atoms with Gasteiger partial charge in [0.15, 0.2) is 0 Å². The molecular formula is C11H14FN3O4S. The number of nitro benzene ring substituents is 1. The van der Waals surface area contributed by atoms with Crippen LogP contribution in [0.5, 0.6) is 0 Å². The molecule has 0 spiro atoms. The predicted octanol–water partition coefficient (Wildman–Crippen LogP) is 0.716. The second-order valence-corrected chi connectivity index (χ2v) is 6.40. The minimum atomic E-state index is -3.99. The lowest BCUT2D eigenvalue weighted by Gasteiger charge is -2.32. The van der Waals surface area contributed by atoms with Gasteiger partial charge in [-0.1, -0.05) is 0 Å². The molecule has 2 rings (SSSR count). The number of halogens is 1. The van der Waals surface area contributed by atoms with Gasteiger partial charge in [0.1, 0.15) is 10.7 Å². The third-order valence-corrected chi connectivity index (χ3v) is 5.20. The SMILES string of the molecule is CC1CNCCN1S(=O)(=O)c1ccc([N+](=O)[O-])cc1F. The van der Waals surface area contributed by atoms with E-state index in [2.05, 4.69) is 5.32 Å². The number of hydrogen-bond acceptors (Lipinski definition) is 5. The summed E-state index contributed by atoms with van der Waals surface area (Å²) in [4.78, 5) is 9.24. The van der Waals surface area contributed by atoms with E-state index >= 15 is 0 Å². The van der Waals surface area contributed by atoms with Gasteiger partial charge in [0.25, 0.3) is 5.69 Å². The van der Waals surface area contributed by atoms with Gasteiger partial charge in [0.2, 0.25) is 10.0 Å². The van der Waals surface area contributed by atoms with Crippen molar-refractivity contribution in [1.29, 1.82) is 0 Å². The summed E-state index contributed by atoms with van der Waals surface area (Å²) in [5.74, 6) is -1.11. The van der Waals surface area contributed by atoms with E-state index in [-0.39, 0.29) is 12.6 Å². The quantitative estimate of drug-likeness (QED) is 0.656. The summed E-state index contributed by atoms with van der Waals surface area (Å²) in [5, 5.41) is 13.6. The Balaban J connectivity index is 2.41. The van der Waals surface area contributed by atoms with E-state index in [0.29, 0.717) is 19.2 Å². The molecule has 0 radical (unpaired) electrons. The summed E-state index contributed by atoms with van der Waals surface area (Å²) in [7, 11) is -3.99. The van der Waals surface area contributed by atoms with Crippen LogP contribution >= 0.6 is 0 Å². The Morgan fingerprint density at radius 1 is 1.50 bits per heavy atom. The molecule has 1 atom stereocenters. The van der Waals surface area contributed by atoms with Crippen LogP contribution in [0.25, 0.3) is 0 Å². The average Bonchev–Trinajstić information content (AvgIpc) is 2.38. The number of benzene rings is 1. The lowest BCUT2D eigenvalue weighted by Crippen LogP contribution is -2.52. The monoisotopic (exact) mass is 303 g/mol. The van der Waals surface area contributed by atoms with E-state index in [9.17, 15) is 22.9 Å². The molecule has 0 amide bonds. The highest BCUT2D eigenvalue weighted by Gasteiger charge is 2.33. The smallest absolute Gasteiger partial charge is 0.272 e. The lowest BCUT2D eigenvalue weighted by molar-refractivity contribution is -0.385. The fourth-order valence-corrected chi connectivity index (χ4v) is 3.80. The summed E-state index contributed by atoms with van der Waals surface area (Å²) in [6, 6.07) is 2.25. The molecule has 20 heavy (non-hydrogen) atoms. The van der Waals surface area contributed by atoms with Gasteiger partial charge in [-0.15, -0.1) is 0 Å². The van der Waals surface area contributed by atoms with E-state index in [0.717, 1.165) is 12.1 Å². The van der Waals surface area contributed by atoms with Crippen LogP contribution in [0, 0.1) is 15.9 Å². The summed E-state index contributed by atoms with van der Waals surface area (Å²) < 4.78 is 39.8. The Kier molecular flexibility index (Phi) is 4.02. The van der Waals surface area contributed by atoms with Crippen molar-refractivity contribution in [1.82, 2.24) is 9.62 Å². The summed E-state index contributed by atoms with van der Waals surface area (Å²) >= 11 is 0.